The largest absolute Gasteiger partial charge is 0.423 e. The number of nitro benzene ring substituents is 1. The number of aryl methyl sites for hydroxylation is 2. The molecule has 3 aromatic rings. The fourth-order valence-electron chi connectivity index (χ4n) is 3.74. The van der Waals surface area contributed by atoms with Crippen molar-refractivity contribution in [2.45, 2.75) is 32.9 Å². The Bertz CT molecular complexity index is 1310. The van der Waals surface area contributed by atoms with Crippen molar-refractivity contribution in [2.75, 3.05) is 0 Å². The Morgan fingerprint density at radius 3 is 2.35 bits per heavy atom. The Labute approximate surface area is 176 Å². The quantitative estimate of drug-likeness (QED) is 0.298. The number of carbonyl (C=O) groups excluding carboxylic acids is 2. The minimum absolute atomic E-state index is 0.113. The molecule has 0 saturated carbocycles. The molecule has 2 aromatic carbocycles. The third-order valence-corrected chi connectivity index (χ3v) is 5.70. The van der Waals surface area contributed by atoms with Gasteiger partial charge in [0.25, 0.3) is 11.6 Å². The van der Waals surface area contributed by atoms with E-state index in [4.69, 9.17) is 4.42 Å². The number of carbonyl (C=O) groups is 2. The van der Waals surface area contributed by atoms with E-state index < -0.39 is 28.0 Å². The Balaban J connectivity index is 1.71. The van der Waals surface area contributed by atoms with Crippen LogP contribution in [0.25, 0.3) is 11.0 Å². The van der Waals surface area contributed by atoms with Crippen molar-refractivity contribution in [3.63, 3.8) is 0 Å². The highest BCUT2D eigenvalue weighted by molar-refractivity contribution is 6.07. The number of non-ortho nitro benzene ring substituents is 1. The van der Waals surface area contributed by atoms with Gasteiger partial charge in [-0.1, -0.05) is 0 Å². The first-order valence-corrected chi connectivity index (χ1v) is 9.53. The monoisotopic (exact) mass is 421 g/mol. The lowest BCUT2D eigenvalue weighted by molar-refractivity contribution is -0.384. The van der Waals surface area contributed by atoms with Crippen molar-refractivity contribution < 1.29 is 18.9 Å². The molecule has 2 heterocycles. The van der Waals surface area contributed by atoms with Gasteiger partial charge in [0.1, 0.15) is 11.1 Å². The molecule has 1 aliphatic heterocycles. The maximum absolute atomic E-state index is 13.2. The summed E-state index contributed by atoms with van der Waals surface area (Å²) in [6, 6.07) is 9.72. The maximum atomic E-state index is 13.2. The van der Waals surface area contributed by atoms with Gasteiger partial charge >= 0.3 is 11.7 Å². The molecule has 0 radical (unpaired) electrons. The van der Waals surface area contributed by atoms with Gasteiger partial charge in [-0.2, -0.15) is 0 Å². The van der Waals surface area contributed by atoms with E-state index in [0.29, 0.717) is 22.1 Å². The summed E-state index contributed by atoms with van der Waals surface area (Å²) in [6.45, 7) is 5.24. The predicted molar refractivity (Wildman–Crippen MR) is 111 cm³/mol. The molecule has 1 atom stereocenters. The van der Waals surface area contributed by atoms with Crippen LogP contribution in [0.15, 0.2) is 51.7 Å². The minimum Gasteiger partial charge on any atom is -0.423 e. The van der Waals surface area contributed by atoms with Crippen LogP contribution >= 0.6 is 0 Å². The second-order valence-corrected chi connectivity index (χ2v) is 7.77. The number of hydrogen-bond acceptors (Lipinski definition) is 6. The summed E-state index contributed by atoms with van der Waals surface area (Å²) in [5.74, 6) is -0.517. The Hall–Kier alpha value is -4.01. The molecular weight excluding hydrogens is 402 g/mol. The van der Waals surface area contributed by atoms with Crippen molar-refractivity contribution in [3.8, 4) is 0 Å². The summed E-state index contributed by atoms with van der Waals surface area (Å²) in [4.78, 5) is 49.3. The number of nitrogens with one attached hydrogen (secondary N) is 1. The number of amides is 3. The first-order valence-electron chi connectivity index (χ1n) is 9.53. The van der Waals surface area contributed by atoms with Crippen LogP contribution in [0.2, 0.25) is 0 Å². The fraction of sp³-hybridized carbons (Fsp3) is 0.227. The van der Waals surface area contributed by atoms with E-state index in [1.807, 2.05) is 19.9 Å². The van der Waals surface area contributed by atoms with Crippen LogP contribution in [0, 0.1) is 24.0 Å². The van der Waals surface area contributed by atoms with Gasteiger partial charge in [-0.25, -0.2) is 9.59 Å². The number of imide groups is 1. The smallest absolute Gasteiger partial charge is 0.336 e. The standard InChI is InChI=1S/C22H19N3O6/c1-12-8-17-14(10-19(26)31-18(17)9-13(12)2)11-24-20(27)22(3,23-21(24)28)15-4-6-16(7-5-15)25(29)30/h4-10H,11H2,1-3H3,(H,23,28). The van der Waals surface area contributed by atoms with Crippen molar-refractivity contribution >= 4 is 28.6 Å². The molecule has 1 N–H and O–H groups in total. The molecule has 9 heteroatoms. The summed E-state index contributed by atoms with van der Waals surface area (Å²) < 4.78 is 5.28. The highest BCUT2D eigenvalue weighted by Crippen LogP contribution is 2.32. The lowest BCUT2D eigenvalue weighted by Gasteiger charge is -2.22. The number of rotatable bonds is 4. The number of nitrogens with zero attached hydrogens (tertiary/aromatic N) is 2. The molecule has 158 valence electrons. The van der Waals surface area contributed by atoms with Crippen LogP contribution in [0.3, 0.4) is 0 Å². The van der Waals surface area contributed by atoms with Gasteiger partial charge in [0, 0.05) is 23.6 Å². The van der Waals surface area contributed by atoms with Crippen molar-refractivity contribution in [3.05, 3.63) is 85.3 Å². The predicted octanol–water partition coefficient (Wildman–Crippen LogP) is 3.29. The normalized spacial score (nSPS) is 18.5. The first-order chi connectivity index (χ1) is 14.6. The van der Waals surface area contributed by atoms with Gasteiger partial charge in [0.2, 0.25) is 0 Å². The molecule has 1 aliphatic rings. The molecule has 1 fully saturated rings. The van der Waals surface area contributed by atoms with E-state index in [0.717, 1.165) is 16.0 Å². The number of hydrogen-bond donors (Lipinski definition) is 1. The molecule has 4 rings (SSSR count). The zero-order valence-electron chi connectivity index (χ0n) is 17.1. The molecular formula is C22H19N3O6. The topological polar surface area (TPSA) is 123 Å². The molecule has 1 unspecified atom stereocenters. The molecule has 0 bridgehead atoms. The van der Waals surface area contributed by atoms with Crippen molar-refractivity contribution in [1.29, 1.82) is 0 Å². The summed E-state index contributed by atoms with van der Waals surface area (Å²) >= 11 is 0. The van der Waals surface area contributed by atoms with Crippen LogP contribution in [0.4, 0.5) is 10.5 Å². The van der Waals surface area contributed by atoms with Crippen LogP contribution in [0.5, 0.6) is 0 Å². The van der Waals surface area contributed by atoms with Crippen LogP contribution in [-0.4, -0.2) is 21.8 Å². The lowest BCUT2D eigenvalue weighted by Crippen LogP contribution is -2.40. The maximum Gasteiger partial charge on any atom is 0.336 e. The van der Waals surface area contributed by atoms with E-state index in [-0.39, 0.29) is 12.2 Å². The highest BCUT2D eigenvalue weighted by atomic mass is 16.6. The average molecular weight is 421 g/mol. The SMILES string of the molecule is Cc1cc2oc(=O)cc(CN3C(=O)NC(C)(c4ccc([N+](=O)[O-])cc4)C3=O)c2cc1C. The van der Waals surface area contributed by atoms with Gasteiger partial charge in [0.15, 0.2) is 0 Å². The fourth-order valence-corrected chi connectivity index (χ4v) is 3.74. The van der Waals surface area contributed by atoms with E-state index in [1.165, 1.54) is 30.3 Å². The van der Waals surface area contributed by atoms with Crippen molar-refractivity contribution in [1.82, 2.24) is 10.2 Å². The molecule has 1 aromatic heterocycles. The van der Waals surface area contributed by atoms with Gasteiger partial charge < -0.3 is 9.73 Å². The first kappa shape index (κ1) is 20.3. The molecule has 31 heavy (non-hydrogen) atoms. The molecule has 9 nitrogen and oxygen atoms in total. The number of benzene rings is 2. The van der Waals surface area contributed by atoms with Crippen LogP contribution in [-0.2, 0) is 16.9 Å². The van der Waals surface area contributed by atoms with Gasteiger partial charge in [-0.15, -0.1) is 0 Å². The highest BCUT2D eigenvalue weighted by Gasteiger charge is 2.49. The van der Waals surface area contributed by atoms with Gasteiger partial charge in [0.05, 0.1) is 11.5 Å². The van der Waals surface area contributed by atoms with Crippen molar-refractivity contribution in [2.24, 2.45) is 0 Å². The molecule has 1 saturated heterocycles. The Kier molecular flexibility index (Phi) is 4.61. The summed E-state index contributed by atoms with van der Waals surface area (Å²) in [7, 11) is 0. The number of nitro groups is 1. The summed E-state index contributed by atoms with van der Waals surface area (Å²) in [5, 5.41) is 14.2. The summed E-state index contributed by atoms with van der Waals surface area (Å²) in [5.41, 5.74) is 1.16. The van der Waals surface area contributed by atoms with Gasteiger partial charge in [-0.05, 0) is 67.3 Å². The number of fused-ring (bicyclic) bond motifs is 1. The average Bonchev–Trinajstić information content (AvgIpc) is 2.93. The molecule has 3 amide bonds. The second-order valence-electron chi connectivity index (χ2n) is 7.77. The lowest BCUT2D eigenvalue weighted by atomic mass is 9.92. The van der Waals surface area contributed by atoms with Crippen LogP contribution in [0.1, 0.15) is 29.2 Å². The molecule has 0 aliphatic carbocycles. The number of urea groups is 1. The van der Waals surface area contributed by atoms with E-state index in [2.05, 4.69) is 5.32 Å². The zero-order valence-corrected chi connectivity index (χ0v) is 17.1. The summed E-state index contributed by atoms with van der Waals surface area (Å²) in [6.07, 6.45) is 0. The molecule has 0 spiro atoms. The third kappa shape index (κ3) is 3.33. The second kappa shape index (κ2) is 7.05. The van der Waals surface area contributed by atoms with Gasteiger partial charge in [-0.3, -0.25) is 19.8 Å². The van der Waals surface area contributed by atoms with E-state index >= 15 is 0 Å². The Morgan fingerprint density at radius 2 is 1.71 bits per heavy atom. The Morgan fingerprint density at radius 1 is 1.06 bits per heavy atom. The third-order valence-electron chi connectivity index (χ3n) is 5.70. The van der Waals surface area contributed by atoms with E-state index in [9.17, 15) is 24.5 Å². The van der Waals surface area contributed by atoms with Crippen LogP contribution < -0.4 is 10.9 Å². The minimum atomic E-state index is -1.38. The zero-order chi connectivity index (χ0) is 22.5. The van der Waals surface area contributed by atoms with E-state index in [1.54, 1.807) is 13.0 Å².